The van der Waals surface area contributed by atoms with Gasteiger partial charge in [-0.25, -0.2) is 13.2 Å². The number of likely N-dealkylation sites (tertiary alicyclic amines) is 1. The van der Waals surface area contributed by atoms with Gasteiger partial charge in [0.1, 0.15) is 17.2 Å². The molecule has 0 unspecified atom stereocenters. The number of rotatable bonds is 5. The molecule has 1 saturated carbocycles. The Balaban J connectivity index is 1.72. The Morgan fingerprint density at radius 3 is 2.45 bits per heavy atom. The van der Waals surface area contributed by atoms with Gasteiger partial charge in [0.2, 0.25) is 5.91 Å². The second-order valence-electron chi connectivity index (χ2n) is 10.5. The number of nitriles is 1. The van der Waals surface area contributed by atoms with Crippen molar-refractivity contribution in [3.05, 3.63) is 36.2 Å². The van der Waals surface area contributed by atoms with Crippen molar-refractivity contribution in [1.82, 2.24) is 15.5 Å². The van der Waals surface area contributed by atoms with Crippen molar-refractivity contribution in [3.8, 4) is 6.07 Å². The van der Waals surface area contributed by atoms with Gasteiger partial charge in [0.15, 0.2) is 9.84 Å². The molecule has 0 bridgehead atoms. The summed E-state index contributed by atoms with van der Waals surface area (Å²) in [4.78, 5) is 27.3. The van der Waals surface area contributed by atoms with Gasteiger partial charge in [0.25, 0.3) is 0 Å². The highest BCUT2D eigenvalue weighted by molar-refractivity contribution is 7.92. The molecule has 0 aromatic heterocycles. The maximum Gasteiger partial charge on any atom is 0.419 e. The minimum atomic E-state index is -5.01. The van der Waals surface area contributed by atoms with Crippen molar-refractivity contribution in [2.24, 2.45) is 0 Å². The molecule has 2 amide bonds. The third-order valence-electron chi connectivity index (χ3n) is 6.50. The lowest BCUT2D eigenvalue weighted by molar-refractivity contribution is -0.139. The molecule has 2 N–H and O–H groups in total. The van der Waals surface area contributed by atoms with E-state index < -0.39 is 73.9 Å². The Hall–Kier alpha value is -3.47. The maximum atomic E-state index is 14.3. The fraction of sp³-hybridized carbons (Fsp3) is 0.542. The number of carbonyl (C=O) groups is 2. The number of nitrogens with one attached hydrogen (secondary N) is 2. The normalized spacial score (nSPS) is 22.6. The molecule has 2 heterocycles. The summed E-state index contributed by atoms with van der Waals surface area (Å²) >= 11 is 0. The van der Waals surface area contributed by atoms with E-state index in [1.54, 1.807) is 20.8 Å². The van der Waals surface area contributed by atoms with E-state index in [0.717, 1.165) is 11.0 Å². The molecule has 2 atom stereocenters. The molecule has 0 radical (unpaired) electrons. The summed E-state index contributed by atoms with van der Waals surface area (Å²) in [5, 5.41) is 13.1. The fourth-order valence-corrected chi connectivity index (χ4v) is 6.40. The highest BCUT2D eigenvalue weighted by Crippen LogP contribution is 2.43. The molecule has 1 saturated heterocycles. The van der Waals surface area contributed by atoms with E-state index in [0.29, 0.717) is 12.8 Å². The predicted molar refractivity (Wildman–Crippen MR) is 129 cm³/mol. The zero-order chi connectivity index (χ0) is 28.1. The number of hydrogen-bond donors (Lipinski definition) is 2. The summed E-state index contributed by atoms with van der Waals surface area (Å²) in [6, 6.07) is 3.92. The summed E-state index contributed by atoms with van der Waals surface area (Å²) in [6.07, 6.45) is -2.84. The van der Waals surface area contributed by atoms with Gasteiger partial charge in [-0.3, -0.25) is 9.69 Å². The number of hydrogen-bond acceptors (Lipinski definition) is 8. The molecule has 0 spiro atoms. The van der Waals surface area contributed by atoms with Crippen LogP contribution in [0.4, 0.5) is 23.7 Å². The van der Waals surface area contributed by atoms with Gasteiger partial charge in [-0.2, -0.15) is 18.4 Å². The Morgan fingerprint density at radius 1 is 1.24 bits per heavy atom. The van der Waals surface area contributed by atoms with Gasteiger partial charge in [-0.15, -0.1) is 0 Å². The van der Waals surface area contributed by atoms with Crippen molar-refractivity contribution in [3.63, 3.8) is 0 Å². The quantitative estimate of drug-likeness (QED) is 0.567. The van der Waals surface area contributed by atoms with E-state index in [1.165, 1.54) is 29.4 Å². The number of alkyl halides is 3. The van der Waals surface area contributed by atoms with Gasteiger partial charge in [-0.05, 0) is 52.2 Å². The maximum absolute atomic E-state index is 14.3. The highest BCUT2D eigenvalue weighted by Gasteiger charge is 2.52. The monoisotopic (exact) mass is 555 g/mol. The van der Waals surface area contributed by atoms with Crippen molar-refractivity contribution in [2.45, 2.75) is 73.5 Å². The Labute approximate surface area is 218 Å². The van der Waals surface area contributed by atoms with Crippen LogP contribution in [0.25, 0.3) is 0 Å². The molecule has 3 aliphatic rings. The number of carbonyl (C=O) groups excluding carboxylic acids is 2. The number of sulfone groups is 1. The van der Waals surface area contributed by atoms with E-state index >= 15 is 0 Å². The first kappa shape index (κ1) is 27.6. The van der Waals surface area contributed by atoms with Crippen LogP contribution in [0.1, 0.15) is 45.6 Å². The number of ether oxygens (including phenoxy) is 1. The lowest BCUT2D eigenvalue weighted by atomic mass is 10.1. The van der Waals surface area contributed by atoms with Crippen molar-refractivity contribution < 1.29 is 35.9 Å². The van der Waals surface area contributed by atoms with Crippen LogP contribution in [0.3, 0.4) is 0 Å². The Bertz CT molecular complexity index is 1310. The fourth-order valence-electron chi connectivity index (χ4n) is 4.47. The standard InChI is InChI=1S/C24H28F3N5O5S/c1-22(2,3)37-21(34)32-12-15(11-17(32)20(33)30-23(13-28)7-8-23)38(35,36)18-6-4-5-16(19(18)24(25,26)27)31-10-9-29-14-31/h4-6,9-10,15,17,29H,7-8,11-12,14H2,1-3H3,(H,30,33)/t15-,17+/m1/s1. The Kier molecular flexibility index (Phi) is 6.80. The van der Waals surface area contributed by atoms with E-state index in [-0.39, 0.29) is 12.4 Å². The average molecular weight is 556 g/mol. The molecular formula is C24H28F3N5O5S. The molecule has 1 aliphatic carbocycles. The van der Waals surface area contributed by atoms with Gasteiger partial charge < -0.3 is 20.3 Å². The summed E-state index contributed by atoms with van der Waals surface area (Å²) in [6.45, 7) is 4.22. The van der Waals surface area contributed by atoms with Crippen LogP contribution in [-0.4, -0.2) is 61.0 Å². The van der Waals surface area contributed by atoms with Crippen LogP contribution >= 0.6 is 0 Å². The zero-order valence-corrected chi connectivity index (χ0v) is 21.8. The second-order valence-corrected chi connectivity index (χ2v) is 12.7. The smallest absolute Gasteiger partial charge is 0.419 e. The number of anilines is 1. The van der Waals surface area contributed by atoms with Crippen molar-refractivity contribution >= 4 is 27.5 Å². The molecule has 1 aromatic carbocycles. The third kappa shape index (κ3) is 5.38. The van der Waals surface area contributed by atoms with Gasteiger partial charge in [0, 0.05) is 18.9 Å². The molecule has 10 nitrogen and oxygen atoms in total. The topological polar surface area (TPSA) is 132 Å². The van der Waals surface area contributed by atoms with Gasteiger partial charge in [0.05, 0.1) is 34.1 Å². The molecular weight excluding hydrogens is 527 g/mol. The molecule has 1 aromatic rings. The lowest BCUT2D eigenvalue weighted by Crippen LogP contribution is -2.50. The van der Waals surface area contributed by atoms with Crippen LogP contribution in [0, 0.1) is 11.3 Å². The van der Waals surface area contributed by atoms with Crippen LogP contribution in [0.15, 0.2) is 35.5 Å². The second kappa shape index (κ2) is 9.37. The largest absolute Gasteiger partial charge is 0.444 e. The summed E-state index contributed by atoms with van der Waals surface area (Å²) in [5.74, 6) is -0.759. The molecule has 38 heavy (non-hydrogen) atoms. The molecule has 4 rings (SSSR count). The minimum absolute atomic E-state index is 0.0192. The lowest BCUT2D eigenvalue weighted by Gasteiger charge is -2.28. The zero-order valence-electron chi connectivity index (χ0n) is 21.0. The van der Waals surface area contributed by atoms with Crippen LogP contribution in [0.5, 0.6) is 0 Å². The summed E-state index contributed by atoms with van der Waals surface area (Å²) < 4.78 is 75.7. The average Bonchev–Trinajstić information content (AvgIpc) is 3.22. The van der Waals surface area contributed by atoms with Gasteiger partial charge >= 0.3 is 12.3 Å². The Morgan fingerprint density at radius 2 is 1.92 bits per heavy atom. The van der Waals surface area contributed by atoms with Crippen molar-refractivity contribution in [2.75, 3.05) is 18.1 Å². The molecule has 14 heteroatoms. The highest BCUT2D eigenvalue weighted by atomic mass is 32.2. The number of nitrogens with zero attached hydrogens (tertiary/aromatic N) is 3. The molecule has 2 fully saturated rings. The molecule has 206 valence electrons. The van der Waals surface area contributed by atoms with Crippen LogP contribution < -0.4 is 15.5 Å². The number of amides is 2. The predicted octanol–water partition coefficient (Wildman–Crippen LogP) is 2.87. The van der Waals surface area contributed by atoms with Crippen molar-refractivity contribution in [1.29, 1.82) is 5.26 Å². The van der Waals surface area contributed by atoms with E-state index in [9.17, 15) is 36.4 Å². The first-order chi connectivity index (χ1) is 17.6. The number of halogens is 3. The molecule has 2 aliphatic heterocycles. The van der Waals surface area contributed by atoms with Crippen LogP contribution in [-0.2, 0) is 25.5 Å². The SMILES string of the molecule is CC(C)(C)OC(=O)N1C[C@H](S(=O)(=O)c2cccc(N3C=CNC3)c2C(F)(F)F)C[C@H]1C(=O)NC1(C#N)CC1. The first-order valence-electron chi connectivity index (χ1n) is 11.9. The third-order valence-corrected chi connectivity index (χ3v) is 8.67. The summed E-state index contributed by atoms with van der Waals surface area (Å²) in [5.41, 5.74) is -3.75. The van der Waals surface area contributed by atoms with Crippen LogP contribution in [0.2, 0.25) is 0 Å². The van der Waals surface area contributed by atoms with Gasteiger partial charge in [-0.1, -0.05) is 6.07 Å². The number of benzene rings is 1. The van der Waals surface area contributed by atoms with E-state index in [2.05, 4.69) is 10.6 Å². The van der Waals surface area contributed by atoms with E-state index in [4.69, 9.17) is 4.74 Å². The first-order valence-corrected chi connectivity index (χ1v) is 13.5. The van der Waals surface area contributed by atoms with E-state index in [1.807, 2.05) is 6.07 Å². The minimum Gasteiger partial charge on any atom is -0.444 e. The summed E-state index contributed by atoms with van der Waals surface area (Å²) in [7, 11) is -4.70.